The Morgan fingerprint density at radius 1 is 1.04 bits per heavy atom. The van der Waals surface area contributed by atoms with Gasteiger partial charge in [-0.15, -0.1) is 0 Å². The highest BCUT2D eigenvalue weighted by molar-refractivity contribution is 9.10. The Kier molecular flexibility index (Phi) is 4.31. The molecular weight excluding hydrogens is 392 g/mol. The summed E-state index contributed by atoms with van der Waals surface area (Å²) in [4.78, 5) is 12.6. The van der Waals surface area contributed by atoms with Crippen molar-refractivity contribution >= 4 is 38.4 Å². The van der Waals surface area contributed by atoms with E-state index in [1.54, 1.807) is 12.1 Å². The van der Waals surface area contributed by atoms with E-state index < -0.39 is 0 Å². The molecule has 0 bridgehead atoms. The van der Waals surface area contributed by atoms with Crippen LogP contribution < -0.4 is 5.32 Å². The molecule has 0 fully saturated rings. The second kappa shape index (κ2) is 6.77. The van der Waals surface area contributed by atoms with Gasteiger partial charge in [-0.05, 0) is 67.1 Å². The van der Waals surface area contributed by atoms with Gasteiger partial charge >= 0.3 is 0 Å². The molecule has 0 aliphatic carbocycles. The summed E-state index contributed by atoms with van der Waals surface area (Å²) in [6.07, 6.45) is 0. The predicted molar refractivity (Wildman–Crippen MR) is 106 cm³/mol. The van der Waals surface area contributed by atoms with Crippen molar-refractivity contribution in [2.24, 2.45) is 0 Å². The maximum Gasteiger partial charge on any atom is 0.255 e. The normalized spacial score (nSPS) is 10.8. The Morgan fingerprint density at radius 2 is 1.85 bits per heavy atom. The molecular formula is C21H15BrN2O2. The van der Waals surface area contributed by atoms with Gasteiger partial charge in [-0.2, -0.15) is 0 Å². The number of nitrogens with zero attached hydrogens (tertiary/aromatic N) is 1. The summed E-state index contributed by atoms with van der Waals surface area (Å²) >= 11 is 3.43. The largest absolute Gasteiger partial charge is 0.355 e. The van der Waals surface area contributed by atoms with Crippen molar-refractivity contribution in [1.29, 1.82) is 0 Å². The van der Waals surface area contributed by atoms with Gasteiger partial charge < -0.3 is 9.84 Å². The van der Waals surface area contributed by atoms with E-state index in [2.05, 4.69) is 26.4 Å². The number of halogens is 1. The van der Waals surface area contributed by atoms with Crippen molar-refractivity contribution in [2.75, 3.05) is 5.32 Å². The molecule has 4 rings (SSSR count). The zero-order valence-corrected chi connectivity index (χ0v) is 15.6. The van der Waals surface area contributed by atoms with Crippen molar-refractivity contribution in [2.45, 2.75) is 6.92 Å². The summed E-state index contributed by atoms with van der Waals surface area (Å²) in [6, 6.07) is 20.9. The van der Waals surface area contributed by atoms with Crippen LogP contribution in [0.4, 0.5) is 5.69 Å². The lowest BCUT2D eigenvalue weighted by Gasteiger charge is -2.06. The van der Waals surface area contributed by atoms with Gasteiger partial charge in [0.05, 0.1) is 5.39 Å². The summed E-state index contributed by atoms with van der Waals surface area (Å²) in [5.41, 5.74) is 4.05. The number of nitrogens with one attached hydrogen (secondary N) is 1. The number of carbonyl (C=O) groups is 1. The first kappa shape index (κ1) is 16.5. The second-order valence-corrected chi connectivity index (χ2v) is 6.99. The Bertz CT molecular complexity index is 1100. The van der Waals surface area contributed by atoms with Crippen LogP contribution >= 0.6 is 15.9 Å². The summed E-state index contributed by atoms with van der Waals surface area (Å²) in [6.45, 7) is 1.99. The molecule has 0 aliphatic rings. The molecule has 128 valence electrons. The Balaban J connectivity index is 1.69. The molecule has 5 heteroatoms. The van der Waals surface area contributed by atoms with Gasteiger partial charge in [-0.3, -0.25) is 4.79 Å². The molecule has 0 unspecified atom stereocenters. The zero-order valence-electron chi connectivity index (χ0n) is 14.0. The molecule has 26 heavy (non-hydrogen) atoms. The summed E-state index contributed by atoms with van der Waals surface area (Å²) in [5.74, 6) is 0.484. The van der Waals surface area contributed by atoms with Crippen LogP contribution in [-0.4, -0.2) is 11.1 Å². The standard InChI is InChI=1S/C21H15BrN2O2/c1-13-3-2-4-17(11-13)23-21(25)15-7-10-19-18(12-15)20(26-24-19)14-5-8-16(22)9-6-14/h2-12H,1H3,(H,23,25). The first-order chi connectivity index (χ1) is 12.6. The van der Waals surface area contributed by atoms with Crippen molar-refractivity contribution in [3.05, 3.63) is 82.3 Å². The monoisotopic (exact) mass is 406 g/mol. The van der Waals surface area contributed by atoms with Gasteiger partial charge in [0.15, 0.2) is 5.76 Å². The van der Waals surface area contributed by atoms with Crippen LogP contribution in [-0.2, 0) is 0 Å². The highest BCUT2D eigenvalue weighted by Gasteiger charge is 2.14. The molecule has 0 saturated carbocycles. The smallest absolute Gasteiger partial charge is 0.255 e. The van der Waals surface area contributed by atoms with E-state index in [1.807, 2.05) is 61.5 Å². The Hall–Kier alpha value is -2.92. The molecule has 1 N–H and O–H groups in total. The number of amides is 1. The third-order valence-electron chi connectivity index (χ3n) is 4.12. The first-order valence-electron chi connectivity index (χ1n) is 8.13. The lowest BCUT2D eigenvalue weighted by Crippen LogP contribution is -2.11. The van der Waals surface area contributed by atoms with Gasteiger partial charge in [-0.1, -0.05) is 33.2 Å². The van der Waals surface area contributed by atoms with E-state index in [9.17, 15) is 4.79 Å². The molecule has 0 aliphatic heterocycles. The SMILES string of the molecule is Cc1cccc(NC(=O)c2ccc3noc(-c4ccc(Br)cc4)c3c2)c1. The van der Waals surface area contributed by atoms with Crippen LogP contribution in [0.5, 0.6) is 0 Å². The summed E-state index contributed by atoms with van der Waals surface area (Å²) in [7, 11) is 0. The van der Waals surface area contributed by atoms with Gasteiger partial charge in [0.1, 0.15) is 5.52 Å². The van der Waals surface area contributed by atoms with Crippen molar-refractivity contribution in [3.8, 4) is 11.3 Å². The highest BCUT2D eigenvalue weighted by Crippen LogP contribution is 2.30. The fourth-order valence-electron chi connectivity index (χ4n) is 2.82. The number of hydrogen-bond donors (Lipinski definition) is 1. The Labute approximate surface area is 159 Å². The van der Waals surface area contributed by atoms with Crippen LogP contribution in [0.15, 0.2) is 75.7 Å². The third kappa shape index (κ3) is 3.26. The molecule has 0 spiro atoms. The average Bonchev–Trinajstić information content (AvgIpc) is 3.05. The molecule has 0 atom stereocenters. The molecule has 1 heterocycles. The van der Waals surface area contributed by atoms with Gasteiger partial charge in [0, 0.05) is 21.3 Å². The average molecular weight is 407 g/mol. The summed E-state index contributed by atoms with van der Waals surface area (Å²) in [5, 5.41) is 7.83. The first-order valence-corrected chi connectivity index (χ1v) is 8.93. The number of hydrogen-bond acceptors (Lipinski definition) is 3. The van der Waals surface area contributed by atoms with E-state index in [-0.39, 0.29) is 5.91 Å². The van der Waals surface area contributed by atoms with Crippen molar-refractivity contribution in [1.82, 2.24) is 5.16 Å². The molecule has 1 amide bonds. The fourth-order valence-corrected chi connectivity index (χ4v) is 3.08. The minimum Gasteiger partial charge on any atom is -0.355 e. The molecule has 4 nitrogen and oxygen atoms in total. The minimum atomic E-state index is -0.166. The quantitative estimate of drug-likeness (QED) is 0.466. The molecule has 0 saturated heterocycles. The molecule has 1 aromatic heterocycles. The maximum absolute atomic E-state index is 12.6. The van der Waals surface area contributed by atoms with Crippen LogP contribution in [0.2, 0.25) is 0 Å². The number of fused-ring (bicyclic) bond motifs is 1. The number of rotatable bonds is 3. The third-order valence-corrected chi connectivity index (χ3v) is 4.65. The van der Waals surface area contributed by atoms with Crippen LogP contribution in [0, 0.1) is 6.92 Å². The number of aromatic nitrogens is 1. The maximum atomic E-state index is 12.6. The van der Waals surface area contributed by atoms with E-state index in [4.69, 9.17) is 4.52 Å². The minimum absolute atomic E-state index is 0.166. The van der Waals surface area contributed by atoms with Crippen LogP contribution in [0.3, 0.4) is 0 Å². The molecule has 3 aromatic carbocycles. The lowest BCUT2D eigenvalue weighted by molar-refractivity contribution is 0.102. The van der Waals surface area contributed by atoms with Crippen LogP contribution in [0.25, 0.3) is 22.2 Å². The van der Waals surface area contributed by atoms with Crippen LogP contribution in [0.1, 0.15) is 15.9 Å². The van der Waals surface area contributed by atoms with Gasteiger partial charge in [0.2, 0.25) is 0 Å². The van der Waals surface area contributed by atoms with E-state index in [0.29, 0.717) is 11.3 Å². The van der Waals surface area contributed by atoms with Gasteiger partial charge in [0.25, 0.3) is 5.91 Å². The van der Waals surface area contributed by atoms with Gasteiger partial charge in [-0.25, -0.2) is 0 Å². The lowest BCUT2D eigenvalue weighted by atomic mass is 10.1. The number of anilines is 1. The Morgan fingerprint density at radius 3 is 2.62 bits per heavy atom. The molecule has 4 aromatic rings. The highest BCUT2D eigenvalue weighted by atomic mass is 79.9. The van der Waals surface area contributed by atoms with E-state index in [0.717, 1.165) is 32.2 Å². The van der Waals surface area contributed by atoms with E-state index in [1.165, 1.54) is 0 Å². The number of benzene rings is 3. The fraction of sp³-hybridized carbons (Fsp3) is 0.0476. The topological polar surface area (TPSA) is 55.1 Å². The zero-order chi connectivity index (χ0) is 18.1. The van der Waals surface area contributed by atoms with Crippen molar-refractivity contribution < 1.29 is 9.32 Å². The predicted octanol–water partition coefficient (Wildman–Crippen LogP) is 5.82. The molecule has 0 radical (unpaired) electrons. The van der Waals surface area contributed by atoms with E-state index >= 15 is 0 Å². The summed E-state index contributed by atoms with van der Waals surface area (Å²) < 4.78 is 6.50. The van der Waals surface area contributed by atoms with Crippen molar-refractivity contribution in [3.63, 3.8) is 0 Å². The number of aryl methyl sites for hydroxylation is 1. The number of carbonyl (C=O) groups excluding carboxylic acids is 1. The second-order valence-electron chi connectivity index (χ2n) is 6.07.